The minimum atomic E-state index is -0.669. The molecule has 0 unspecified atom stereocenters. The van der Waals surface area contributed by atoms with Crippen molar-refractivity contribution in [2.24, 2.45) is 0 Å². The van der Waals surface area contributed by atoms with Crippen LogP contribution in [-0.2, 0) is 14.3 Å². The number of methoxy groups -OCH3 is 2. The third-order valence-electron chi connectivity index (χ3n) is 2.96. The molecule has 1 aliphatic rings. The Labute approximate surface area is 135 Å². The Kier molecular flexibility index (Phi) is 4.81. The number of nitrogens with one attached hydrogen (secondary N) is 1. The Morgan fingerprint density at radius 3 is 2.68 bits per heavy atom. The fraction of sp³-hybridized carbons (Fsp3) is 0.214. The van der Waals surface area contributed by atoms with Gasteiger partial charge in [0.1, 0.15) is 18.0 Å². The van der Waals surface area contributed by atoms with Crippen molar-refractivity contribution in [1.82, 2.24) is 10.2 Å². The molecule has 0 saturated carbocycles. The Hall–Kier alpha value is -2.35. The normalized spacial score (nSPS) is 16.0. The van der Waals surface area contributed by atoms with Crippen LogP contribution in [0.1, 0.15) is 5.56 Å². The third-order valence-corrected chi connectivity index (χ3v) is 3.58. The van der Waals surface area contributed by atoms with E-state index in [0.29, 0.717) is 15.8 Å². The van der Waals surface area contributed by atoms with Crippen molar-refractivity contribution in [3.8, 4) is 5.75 Å². The molecule has 0 radical (unpaired) electrons. The van der Waals surface area contributed by atoms with Crippen LogP contribution < -0.4 is 10.1 Å². The quantitative estimate of drug-likeness (QED) is 0.494. The molecule has 22 heavy (non-hydrogen) atoms. The predicted octanol–water partition coefficient (Wildman–Crippen LogP) is 1.52. The minimum Gasteiger partial charge on any atom is -0.496 e. The number of benzene rings is 1. The number of nitrogens with zero attached hydrogens (tertiary/aromatic N) is 1. The molecule has 1 heterocycles. The summed E-state index contributed by atoms with van der Waals surface area (Å²) in [4.78, 5) is 35.8. The zero-order chi connectivity index (χ0) is 16.3. The summed E-state index contributed by atoms with van der Waals surface area (Å²) in [7, 11) is 2.73. The lowest BCUT2D eigenvalue weighted by atomic mass is 10.2. The number of hydrogen-bond acceptors (Lipinski definition) is 5. The summed E-state index contributed by atoms with van der Waals surface area (Å²) >= 11 is 3.34. The first kappa shape index (κ1) is 16.0. The van der Waals surface area contributed by atoms with Crippen LogP contribution >= 0.6 is 15.9 Å². The number of imide groups is 1. The van der Waals surface area contributed by atoms with Gasteiger partial charge in [0.05, 0.1) is 18.7 Å². The number of carbonyl (C=O) groups excluding carboxylic acids is 3. The molecule has 1 saturated heterocycles. The fourth-order valence-corrected chi connectivity index (χ4v) is 2.41. The lowest BCUT2D eigenvalue weighted by Crippen LogP contribution is -2.36. The van der Waals surface area contributed by atoms with Gasteiger partial charge in [0.15, 0.2) is 0 Å². The van der Waals surface area contributed by atoms with Crippen LogP contribution in [0, 0.1) is 0 Å². The number of esters is 1. The van der Waals surface area contributed by atoms with E-state index in [1.54, 1.807) is 25.3 Å². The van der Waals surface area contributed by atoms with Gasteiger partial charge in [-0.05, 0) is 39.7 Å². The maximum absolute atomic E-state index is 12.1. The number of halogens is 1. The lowest BCUT2D eigenvalue weighted by molar-refractivity contribution is -0.143. The van der Waals surface area contributed by atoms with Crippen LogP contribution in [0.5, 0.6) is 5.75 Å². The molecule has 1 aromatic rings. The molecule has 1 fully saturated rings. The number of carbonyl (C=O) groups is 3. The smallest absolute Gasteiger partial charge is 0.329 e. The summed E-state index contributed by atoms with van der Waals surface area (Å²) in [5.41, 5.74) is 0.780. The average molecular weight is 369 g/mol. The second kappa shape index (κ2) is 6.61. The van der Waals surface area contributed by atoms with Gasteiger partial charge < -0.3 is 14.8 Å². The van der Waals surface area contributed by atoms with Crippen LogP contribution in [0.3, 0.4) is 0 Å². The molecule has 3 amide bonds. The maximum Gasteiger partial charge on any atom is 0.329 e. The summed E-state index contributed by atoms with van der Waals surface area (Å²) in [6.45, 7) is -0.426. The summed E-state index contributed by atoms with van der Waals surface area (Å²) in [6, 6.07) is 4.55. The van der Waals surface area contributed by atoms with E-state index < -0.39 is 24.5 Å². The van der Waals surface area contributed by atoms with E-state index in [1.165, 1.54) is 13.2 Å². The molecule has 2 rings (SSSR count). The lowest BCUT2D eigenvalue weighted by Gasteiger charge is -2.09. The van der Waals surface area contributed by atoms with Crippen molar-refractivity contribution in [2.75, 3.05) is 20.8 Å². The molecule has 1 aliphatic heterocycles. The molecule has 8 heteroatoms. The Balaban J connectivity index is 2.22. The first-order valence-corrected chi connectivity index (χ1v) is 7.00. The summed E-state index contributed by atoms with van der Waals surface area (Å²) in [5.74, 6) is -0.601. The van der Waals surface area contributed by atoms with Gasteiger partial charge in [-0.2, -0.15) is 0 Å². The van der Waals surface area contributed by atoms with Gasteiger partial charge in [-0.15, -0.1) is 0 Å². The number of urea groups is 1. The Morgan fingerprint density at radius 2 is 2.09 bits per heavy atom. The fourth-order valence-electron chi connectivity index (χ4n) is 1.85. The van der Waals surface area contributed by atoms with Gasteiger partial charge in [0.2, 0.25) is 0 Å². The van der Waals surface area contributed by atoms with E-state index in [4.69, 9.17) is 4.74 Å². The van der Waals surface area contributed by atoms with Crippen molar-refractivity contribution in [1.29, 1.82) is 0 Å². The van der Waals surface area contributed by atoms with Crippen LogP contribution in [0.25, 0.3) is 6.08 Å². The zero-order valence-corrected chi connectivity index (χ0v) is 13.5. The van der Waals surface area contributed by atoms with E-state index >= 15 is 0 Å². The topological polar surface area (TPSA) is 84.9 Å². The van der Waals surface area contributed by atoms with Crippen molar-refractivity contribution in [3.63, 3.8) is 0 Å². The second-order valence-corrected chi connectivity index (χ2v) is 5.20. The van der Waals surface area contributed by atoms with Crippen LogP contribution in [-0.4, -0.2) is 43.6 Å². The van der Waals surface area contributed by atoms with Gasteiger partial charge in [-0.1, -0.05) is 6.07 Å². The molecule has 0 spiro atoms. The first-order valence-electron chi connectivity index (χ1n) is 6.21. The van der Waals surface area contributed by atoms with Gasteiger partial charge in [0.25, 0.3) is 5.91 Å². The van der Waals surface area contributed by atoms with Crippen molar-refractivity contribution >= 4 is 39.9 Å². The van der Waals surface area contributed by atoms with Gasteiger partial charge in [0, 0.05) is 0 Å². The number of rotatable bonds is 4. The number of amides is 3. The number of hydrogen-bond donors (Lipinski definition) is 1. The van der Waals surface area contributed by atoms with E-state index in [1.807, 2.05) is 0 Å². The highest BCUT2D eigenvalue weighted by molar-refractivity contribution is 9.10. The van der Waals surface area contributed by atoms with Crippen molar-refractivity contribution in [2.45, 2.75) is 0 Å². The average Bonchev–Trinajstić information content (AvgIpc) is 2.75. The molecular formula is C14H13BrN2O5. The predicted molar refractivity (Wildman–Crippen MR) is 80.9 cm³/mol. The Morgan fingerprint density at radius 1 is 1.36 bits per heavy atom. The van der Waals surface area contributed by atoms with E-state index in [0.717, 1.165) is 4.90 Å². The SMILES string of the molecule is COC(=O)CN1C(=O)N/C(=C/c2ccc(OC)c(Br)c2)C1=O. The van der Waals surface area contributed by atoms with E-state index in [2.05, 4.69) is 26.0 Å². The van der Waals surface area contributed by atoms with Gasteiger partial charge in [-0.3, -0.25) is 9.59 Å². The first-order chi connectivity index (χ1) is 10.5. The Bertz CT molecular complexity index is 671. The van der Waals surface area contributed by atoms with E-state index in [-0.39, 0.29) is 5.70 Å². The highest BCUT2D eigenvalue weighted by atomic mass is 79.9. The van der Waals surface area contributed by atoms with E-state index in [9.17, 15) is 14.4 Å². The zero-order valence-electron chi connectivity index (χ0n) is 11.9. The summed E-state index contributed by atoms with van der Waals surface area (Å²) < 4.78 is 10.3. The monoisotopic (exact) mass is 368 g/mol. The number of ether oxygens (including phenoxy) is 2. The molecule has 1 aromatic carbocycles. The minimum absolute atomic E-state index is 0.0889. The standard InChI is InChI=1S/C14H13BrN2O5/c1-21-11-4-3-8(5-9(11)15)6-10-13(19)17(14(20)16-10)7-12(18)22-2/h3-6H,7H2,1-2H3,(H,16,20)/b10-6+. The molecule has 0 bridgehead atoms. The van der Waals surface area contributed by atoms with Gasteiger partial charge >= 0.3 is 12.0 Å². The van der Waals surface area contributed by atoms with Crippen molar-refractivity contribution in [3.05, 3.63) is 33.9 Å². The third kappa shape index (κ3) is 3.28. The van der Waals surface area contributed by atoms with Crippen LogP contribution in [0.2, 0.25) is 0 Å². The van der Waals surface area contributed by atoms with Crippen molar-refractivity contribution < 1.29 is 23.9 Å². The molecule has 116 valence electrons. The molecule has 0 aliphatic carbocycles. The second-order valence-electron chi connectivity index (χ2n) is 4.35. The van der Waals surface area contributed by atoms with Crippen LogP contribution in [0.15, 0.2) is 28.4 Å². The highest BCUT2D eigenvalue weighted by Crippen LogP contribution is 2.26. The summed E-state index contributed by atoms with van der Waals surface area (Å²) in [5, 5.41) is 2.42. The molecule has 0 aromatic heterocycles. The molecular weight excluding hydrogens is 356 g/mol. The van der Waals surface area contributed by atoms with Gasteiger partial charge in [-0.25, -0.2) is 9.69 Å². The molecule has 0 atom stereocenters. The van der Waals surface area contributed by atoms with Crippen LogP contribution in [0.4, 0.5) is 4.79 Å². The summed E-state index contributed by atoms with van der Waals surface area (Å²) in [6.07, 6.45) is 1.52. The molecule has 1 N–H and O–H groups in total. The highest BCUT2D eigenvalue weighted by Gasteiger charge is 2.35. The molecule has 7 nitrogen and oxygen atoms in total. The largest absolute Gasteiger partial charge is 0.496 e. The maximum atomic E-state index is 12.1.